The number of ether oxygens (including phenoxy) is 1. The van der Waals surface area contributed by atoms with Gasteiger partial charge in [0, 0.05) is 35.8 Å². The summed E-state index contributed by atoms with van der Waals surface area (Å²) in [7, 11) is 1.29. The van der Waals surface area contributed by atoms with Crippen molar-refractivity contribution in [1.82, 2.24) is 10.6 Å². The Bertz CT molecular complexity index is 827. The monoisotopic (exact) mass is 381 g/mol. The van der Waals surface area contributed by atoms with Gasteiger partial charge in [-0.05, 0) is 18.2 Å². The molecular formula is C18H18F3N3O3. The Morgan fingerprint density at radius 3 is 2.56 bits per heavy atom. The van der Waals surface area contributed by atoms with Crippen molar-refractivity contribution in [3.8, 4) is 5.75 Å². The van der Waals surface area contributed by atoms with Crippen LogP contribution in [0.1, 0.15) is 11.5 Å². The first kappa shape index (κ1) is 19.0. The first-order chi connectivity index (χ1) is 12.9. The Labute approximate surface area is 153 Å². The maximum absolute atomic E-state index is 14.4. The van der Waals surface area contributed by atoms with Gasteiger partial charge in [0.05, 0.1) is 13.2 Å². The third-order valence-corrected chi connectivity index (χ3v) is 4.36. The van der Waals surface area contributed by atoms with Crippen molar-refractivity contribution < 1.29 is 27.8 Å². The van der Waals surface area contributed by atoms with E-state index in [0.717, 1.165) is 18.2 Å². The van der Waals surface area contributed by atoms with Crippen molar-refractivity contribution in [3.05, 3.63) is 59.4 Å². The zero-order valence-electron chi connectivity index (χ0n) is 14.3. The van der Waals surface area contributed by atoms with Crippen LogP contribution < -0.4 is 20.7 Å². The van der Waals surface area contributed by atoms with Crippen molar-refractivity contribution in [2.45, 2.75) is 18.2 Å². The maximum Gasteiger partial charge on any atom is 0.319 e. The van der Waals surface area contributed by atoms with Gasteiger partial charge < -0.3 is 20.5 Å². The summed E-state index contributed by atoms with van der Waals surface area (Å²) in [5.74, 6) is -3.05. The van der Waals surface area contributed by atoms with Crippen LogP contribution >= 0.6 is 0 Å². The van der Waals surface area contributed by atoms with E-state index >= 15 is 0 Å². The van der Waals surface area contributed by atoms with E-state index in [1.165, 1.54) is 25.3 Å². The van der Waals surface area contributed by atoms with Gasteiger partial charge in [0.25, 0.3) is 0 Å². The molecule has 1 unspecified atom stereocenters. The second-order valence-corrected chi connectivity index (χ2v) is 6.10. The van der Waals surface area contributed by atoms with Crippen molar-refractivity contribution in [2.24, 2.45) is 0 Å². The summed E-state index contributed by atoms with van der Waals surface area (Å²) in [4.78, 5) is 12.2. The van der Waals surface area contributed by atoms with E-state index in [-0.39, 0.29) is 23.5 Å². The number of aliphatic hydroxyl groups excluding tert-OH is 1. The van der Waals surface area contributed by atoms with E-state index in [2.05, 4.69) is 16.0 Å². The molecule has 3 rings (SSSR count). The average molecular weight is 381 g/mol. The van der Waals surface area contributed by atoms with Gasteiger partial charge in [-0.2, -0.15) is 0 Å². The highest BCUT2D eigenvalue weighted by molar-refractivity contribution is 5.89. The van der Waals surface area contributed by atoms with Crippen LogP contribution in [0, 0.1) is 17.5 Å². The number of amides is 2. The van der Waals surface area contributed by atoms with Crippen molar-refractivity contribution >= 4 is 11.7 Å². The van der Waals surface area contributed by atoms with E-state index in [1.807, 2.05) is 0 Å². The predicted molar refractivity (Wildman–Crippen MR) is 92.0 cm³/mol. The van der Waals surface area contributed by atoms with Crippen LogP contribution in [0.4, 0.5) is 23.7 Å². The minimum atomic E-state index is -1.21. The number of rotatable bonds is 4. The van der Waals surface area contributed by atoms with Gasteiger partial charge in [0.2, 0.25) is 0 Å². The molecule has 4 N–H and O–H groups in total. The Balaban J connectivity index is 1.79. The number of nitrogens with one attached hydrogen (secondary N) is 3. The molecule has 0 bridgehead atoms. The molecule has 3 atom stereocenters. The lowest BCUT2D eigenvalue weighted by molar-refractivity contribution is 0.128. The molecular weight excluding hydrogens is 363 g/mol. The molecule has 1 heterocycles. The van der Waals surface area contributed by atoms with E-state index < -0.39 is 41.7 Å². The topological polar surface area (TPSA) is 82.6 Å². The fraction of sp³-hybridized carbons (Fsp3) is 0.278. The third-order valence-electron chi connectivity index (χ3n) is 4.36. The summed E-state index contributed by atoms with van der Waals surface area (Å²) in [5, 5.41) is 17.6. The van der Waals surface area contributed by atoms with E-state index in [0.29, 0.717) is 0 Å². The van der Waals surface area contributed by atoms with Gasteiger partial charge in [-0.25, -0.2) is 18.0 Å². The molecule has 1 fully saturated rings. The summed E-state index contributed by atoms with van der Waals surface area (Å²) in [6, 6.07) is 5.56. The quantitative estimate of drug-likeness (QED) is 0.655. The highest BCUT2D eigenvalue weighted by Gasteiger charge is 2.39. The molecule has 0 radical (unpaired) electrons. The number of carbonyl (C=O) groups excluding carboxylic acids is 1. The number of halogens is 3. The Morgan fingerprint density at radius 2 is 1.93 bits per heavy atom. The maximum atomic E-state index is 14.4. The molecule has 1 aliphatic heterocycles. The minimum absolute atomic E-state index is 0.0219. The molecule has 0 aliphatic carbocycles. The lowest BCUT2D eigenvalue weighted by Crippen LogP contribution is -2.47. The number of carbonyl (C=O) groups is 1. The molecule has 6 nitrogen and oxygen atoms in total. The van der Waals surface area contributed by atoms with E-state index in [1.54, 1.807) is 0 Å². The molecule has 2 aromatic rings. The third kappa shape index (κ3) is 4.15. The normalized spacial score (nSPS) is 21.7. The molecule has 0 saturated carbocycles. The zero-order chi connectivity index (χ0) is 19.6. The fourth-order valence-electron chi connectivity index (χ4n) is 3.10. The first-order valence-electron chi connectivity index (χ1n) is 8.16. The summed E-state index contributed by atoms with van der Waals surface area (Å²) in [6.45, 7) is 0.0479. The number of hydrogen-bond donors (Lipinski definition) is 4. The van der Waals surface area contributed by atoms with Gasteiger partial charge in [0.1, 0.15) is 29.4 Å². The average Bonchev–Trinajstić information content (AvgIpc) is 2.95. The standard InChI is InChI=1S/C18H18F3N3O3/c1-27-11-6-13(20)15(14(21)7-11)12-8-22-17(25)16(12)24-18(26)23-10-4-2-3-9(19)5-10/h2-7,12,16-17,22,25H,8H2,1H3,(H2,23,24,26)/t12-,16-,17?/m0/s1. The number of aliphatic hydroxyl groups is 1. The predicted octanol–water partition coefficient (Wildman–Crippen LogP) is 2.31. The van der Waals surface area contributed by atoms with E-state index in [4.69, 9.17) is 4.74 Å². The molecule has 2 amide bonds. The van der Waals surface area contributed by atoms with Gasteiger partial charge in [-0.15, -0.1) is 0 Å². The van der Waals surface area contributed by atoms with Crippen LogP contribution in [0.2, 0.25) is 0 Å². The van der Waals surface area contributed by atoms with Crippen LogP contribution in [-0.2, 0) is 0 Å². The van der Waals surface area contributed by atoms with Crippen LogP contribution in [0.3, 0.4) is 0 Å². The smallest absolute Gasteiger partial charge is 0.319 e. The largest absolute Gasteiger partial charge is 0.497 e. The Morgan fingerprint density at radius 1 is 1.22 bits per heavy atom. The van der Waals surface area contributed by atoms with Gasteiger partial charge in [-0.3, -0.25) is 5.32 Å². The molecule has 0 spiro atoms. The Kier molecular flexibility index (Phi) is 5.52. The summed E-state index contributed by atoms with van der Waals surface area (Å²) in [5.41, 5.74) is -0.0674. The lowest BCUT2D eigenvalue weighted by atomic mass is 9.92. The molecule has 9 heteroatoms. The minimum Gasteiger partial charge on any atom is -0.497 e. The van der Waals surface area contributed by atoms with E-state index in [9.17, 15) is 23.1 Å². The number of hydrogen-bond acceptors (Lipinski definition) is 4. The van der Waals surface area contributed by atoms with Gasteiger partial charge in [-0.1, -0.05) is 6.07 Å². The highest BCUT2D eigenvalue weighted by Crippen LogP contribution is 2.32. The molecule has 0 aromatic heterocycles. The molecule has 144 valence electrons. The number of anilines is 1. The SMILES string of the molecule is COc1cc(F)c([C@@H]2CNC(O)[C@H]2NC(=O)Nc2cccc(F)c2)c(F)c1. The second kappa shape index (κ2) is 7.85. The van der Waals surface area contributed by atoms with Crippen molar-refractivity contribution in [1.29, 1.82) is 0 Å². The number of methoxy groups -OCH3 is 1. The number of benzene rings is 2. The molecule has 1 aliphatic rings. The van der Waals surface area contributed by atoms with Gasteiger partial charge >= 0.3 is 6.03 Å². The molecule has 1 saturated heterocycles. The zero-order valence-corrected chi connectivity index (χ0v) is 14.3. The van der Waals surface area contributed by atoms with Crippen LogP contribution in [0.15, 0.2) is 36.4 Å². The molecule has 2 aromatic carbocycles. The summed E-state index contributed by atoms with van der Waals surface area (Å²) >= 11 is 0. The van der Waals surface area contributed by atoms with Crippen LogP contribution in [-0.4, -0.2) is 37.1 Å². The summed E-state index contributed by atoms with van der Waals surface area (Å²) < 4.78 is 46.8. The fourth-order valence-corrected chi connectivity index (χ4v) is 3.10. The first-order valence-corrected chi connectivity index (χ1v) is 8.16. The van der Waals surface area contributed by atoms with Crippen LogP contribution in [0.25, 0.3) is 0 Å². The Hall–Kier alpha value is -2.78. The van der Waals surface area contributed by atoms with Gasteiger partial charge in [0.15, 0.2) is 0 Å². The number of urea groups is 1. The van der Waals surface area contributed by atoms with Crippen molar-refractivity contribution in [2.75, 3.05) is 19.0 Å². The van der Waals surface area contributed by atoms with Crippen molar-refractivity contribution in [3.63, 3.8) is 0 Å². The van der Waals surface area contributed by atoms with Crippen LogP contribution in [0.5, 0.6) is 5.75 Å². The lowest BCUT2D eigenvalue weighted by Gasteiger charge is -2.24. The molecule has 27 heavy (non-hydrogen) atoms. The summed E-state index contributed by atoms with van der Waals surface area (Å²) in [6.07, 6.45) is -1.21. The highest BCUT2D eigenvalue weighted by atomic mass is 19.1. The second-order valence-electron chi connectivity index (χ2n) is 6.10.